The van der Waals surface area contributed by atoms with Crippen molar-refractivity contribution < 1.29 is 14.0 Å². The van der Waals surface area contributed by atoms with E-state index in [9.17, 15) is 14.0 Å². The van der Waals surface area contributed by atoms with E-state index in [2.05, 4.69) is 11.8 Å². The van der Waals surface area contributed by atoms with Crippen molar-refractivity contribution in [1.82, 2.24) is 9.80 Å². The van der Waals surface area contributed by atoms with Crippen molar-refractivity contribution in [3.8, 4) is 0 Å². The van der Waals surface area contributed by atoms with Crippen LogP contribution in [0.2, 0.25) is 1.04 Å². The number of amides is 2. The van der Waals surface area contributed by atoms with Crippen LogP contribution in [-0.2, 0) is 16.0 Å². The van der Waals surface area contributed by atoms with Crippen molar-refractivity contribution >= 4 is 63.3 Å². The van der Waals surface area contributed by atoms with E-state index in [0.717, 1.165) is 76.5 Å². The molecule has 0 aromatic heterocycles. The van der Waals surface area contributed by atoms with Crippen LogP contribution in [0, 0.1) is 11.7 Å². The van der Waals surface area contributed by atoms with Gasteiger partial charge in [0.25, 0.3) is 0 Å². The van der Waals surface area contributed by atoms with Crippen LogP contribution in [0.4, 0.5) is 4.39 Å². The molecule has 0 heterocycles. The van der Waals surface area contributed by atoms with Gasteiger partial charge in [-0.3, -0.25) is 0 Å². The molecule has 27 heavy (non-hydrogen) atoms. The molecule has 2 amide bonds. The average molecular weight is 764 g/mol. The summed E-state index contributed by atoms with van der Waals surface area (Å²) in [4.78, 5) is 27.9. The molecular weight excluding hydrogens is 736 g/mol. The minimum atomic E-state index is -0.348. The van der Waals surface area contributed by atoms with Gasteiger partial charge in [0.05, 0.1) is 0 Å². The van der Waals surface area contributed by atoms with Gasteiger partial charge in [0.15, 0.2) is 0 Å². The van der Waals surface area contributed by atoms with E-state index >= 15 is 0 Å². The molecule has 0 spiro atoms. The first kappa shape index (κ1) is 24.9. The SMILES string of the molecule is CC(CC(CN(C)C(=O)[CH]([Pb])[Pb])C(N)=O)N(C)CCCc1ccc(F)cc1. The maximum absolute atomic E-state index is 12.9. The Labute approximate surface area is 193 Å². The number of primary amides is 1. The Bertz CT molecular complexity index is 613. The Hall–Kier alpha value is -0.106. The summed E-state index contributed by atoms with van der Waals surface area (Å²) in [5, 5.41) is 0. The molecule has 1 aromatic rings. The first-order chi connectivity index (χ1) is 12.6. The number of halogens is 1. The number of hydrogen-bond acceptors (Lipinski definition) is 3. The van der Waals surface area contributed by atoms with E-state index in [1.54, 1.807) is 11.9 Å². The second-order valence-corrected chi connectivity index (χ2v) is 20.3. The van der Waals surface area contributed by atoms with Crippen LogP contribution < -0.4 is 5.73 Å². The molecule has 1 aromatic carbocycles. The van der Waals surface area contributed by atoms with Crippen LogP contribution in [0.15, 0.2) is 24.3 Å². The second kappa shape index (κ2) is 12.5. The van der Waals surface area contributed by atoms with E-state index in [1.807, 2.05) is 19.2 Å². The molecule has 0 fully saturated rings. The molecule has 0 aliphatic rings. The van der Waals surface area contributed by atoms with Crippen molar-refractivity contribution in [3.05, 3.63) is 35.6 Å². The van der Waals surface area contributed by atoms with Gasteiger partial charge in [-0.1, -0.05) is 12.1 Å². The number of nitrogens with zero attached hydrogens (tertiary/aromatic N) is 2. The van der Waals surface area contributed by atoms with E-state index in [1.165, 1.54) is 12.1 Å². The van der Waals surface area contributed by atoms with Gasteiger partial charge < -0.3 is 0 Å². The third kappa shape index (κ3) is 9.29. The summed E-state index contributed by atoms with van der Waals surface area (Å²) in [6, 6.07) is 6.78. The van der Waals surface area contributed by atoms with E-state index < -0.39 is 0 Å². The normalized spacial score (nSPS) is 13.6. The van der Waals surface area contributed by atoms with Gasteiger partial charge in [0, 0.05) is 0 Å². The zero-order valence-corrected chi connectivity index (χ0v) is 24.0. The molecule has 2 N–H and O–H groups in total. The Morgan fingerprint density at radius 2 is 1.78 bits per heavy atom. The summed E-state index contributed by atoms with van der Waals surface area (Å²) in [5.41, 5.74) is 6.71. The Morgan fingerprint density at radius 1 is 1.19 bits per heavy atom. The minimum absolute atomic E-state index is 0.139. The maximum atomic E-state index is 12.9. The fourth-order valence-electron chi connectivity index (χ4n) is 2.92. The number of benzene rings is 1. The summed E-state index contributed by atoms with van der Waals surface area (Å²) >= 11 is 1.71. The van der Waals surface area contributed by atoms with Gasteiger partial charge in [-0.25, -0.2) is 4.39 Å². The average Bonchev–Trinajstić information content (AvgIpc) is 2.61. The fraction of sp³-hybridized carbons (Fsp3) is 0.579. The van der Waals surface area contributed by atoms with Crippen LogP contribution in [0.3, 0.4) is 0 Å². The first-order valence-corrected chi connectivity index (χ1v) is 13.5. The summed E-state index contributed by atoms with van der Waals surface area (Å²) in [7, 11) is 3.80. The summed E-state index contributed by atoms with van der Waals surface area (Å²) in [6.07, 6.45) is 2.47. The third-order valence-corrected chi connectivity index (χ3v) is 6.71. The van der Waals surface area contributed by atoms with Crippen LogP contribution >= 0.6 is 0 Å². The van der Waals surface area contributed by atoms with Crippen molar-refractivity contribution in [2.75, 3.05) is 27.2 Å². The molecule has 2 unspecified atom stereocenters. The van der Waals surface area contributed by atoms with Gasteiger partial charge in [-0.15, -0.1) is 0 Å². The Morgan fingerprint density at radius 3 is 2.30 bits per heavy atom. The van der Waals surface area contributed by atoms with Crippen molar-refractivity contribution in [2.24, 2.45) is 11.7 Å². The van der Waals surface area contributed by atoms with Gasteiger partial charge in [-0.05, 0) is 12.1 Å². The summed E-state index contributed by atoms with van der Waals surface area (Å²) in [5.74, 6) is -0.762. The molecular formula is C19H28FN3O2Pb2. The second-order valence-electron chi connectivity index (χ2n) is 7.05. The molecule has 0 saturated carbocycles. The van der Waals surface area contributed by atoms with E-state index in [0.29, 0.717) is 13.0 Å². The number of aryl methyl sites for hydroxylation is 1. The van der Waals surface area contributed by atoms with E-state index in [-0.39, 0.29) is 30.6 Å². The molecule has 0 aliphatic carbocycles. The summed E-state index contributed by atoms with van der Waals surface area (Å²) < 4.78 is 13.1. The van der Waals surface area contributed by atoms with Crippen LogP contribution in [0.5, 0.6) is 0 Å². The number of nitrogens with two attached hydrogens (primary N) is 1. The van der Waals surface area contributed by atoms with Crippen LogP contribution in [0.1, 0.15) is 25.3 Å². The Kier molecular flexibility index (Phi) is 11.5. The molecule has 2 atom stereocenters. The molecule has 0 saturated heterocycles. The predicted octanol–water partition coefficient (Wildman–Crippen LogP) is 1.11. The molecule has 0 bridgehead atoms. The molecule has 1 rings (SSSR count). The van der Waals surface area contributed by atoms with Gasteiger partial charge in [0.2, 0.25) is 0 Å². The van der Waals surface area contributed by atoms with Gasteiger partial charge in [0.1, 0.15) is 5.82 Å². The third-order valence-electron chi connectivity index (χ3n) is 4.79. The molecule has 0 aliphatic heterocycles. The van der Waals surface area contributed by atoms with Crippen LogP contribution in [0.25, 0.3) is 0 Å². The predicted molar refractivity (Wildman–Crippen MR) is 107 cm³/mol. The first-order valence-electron chi connectivity index (χ1n) is 9.03. The minimum Gasteiger partial charge on any atom is -0.207 e. The zero-order chi connectivity index (χ0) is 20.6. The fourth-order valence-corrected chi connectivity index (χ4v) is 4.63. The number of carbonyl (C=O) groups excluding carboxylic acids is 2. The molecule has 6 radical (unpaired) electrons. The van der Waals surface area contributed by atoms with Gasteiger partial charge in [-0.2, -0.15) is 0 Å². The number of rotatable bonds is 11. The van der Waals surface area contributed by atoms with Crippen molar-refractivity contribution in [2.45, 2.75) is 33.3 Å². The topological polar surface area (TPSA) is 66.6 Å². The van der Waals surface area contributed by atoms with Crippen molar-refractivity contribution in [1.29, 1.82) is 0 Å². The monoisotopic (exact) mass is 765 g/mol. The Balaban J connectivity index is 2.49. The quantitative estimate of drug-likeness (QED) is 0.344. The van der Waals surface area contributed by atoms with Gasteiger partial charge >= 0.3 is 160 Å². The smallest absolute Gasteiger partial charge is 0.207 e. The molecule has 8 heteroatoms. The summed E-state index contributed by atoms with van der Waals surface area (Å²) in [6.45, 7) is 3.35. The number of hydrogen-bond donors (Lipinski definition) is 1. The zero-order valence-electron chi connectivity index (χ0n) is 16.2. The molecule has 5 nitrogen and oxygen atoms in total. The van der Waals surface area contributed by atoms with Crippen molar-refractivity contribution in [3.63, 3.8) is 0 Å². The number of carbonyl (C=O) groups is 2. The standard InChI is InChI=1S/C19H28FN3O2.2Pb/c1-14(12-17(19(21)25)13-23(4)15(2)24)22(3)11-5-6-16-7-9-18(20)10-8-16;;/h2,7-10,14,17H,5-6,11-13H2,1,3-4H3,(H2,21,25);;. The van der Waals surface area contributed by atoms with Crippen LogP contribution in [-0.4, -0.2) is 106 Å². The van der Waals surface area contributed by atoms with E-state index in [4.69, 9.17) is 5.73 Å². The molecule has 146 valence electrons.